The van der Waals surface area contributed by atoms with Gasteiger partial charge in [-0.05, 0) is 24.5 Å². The number of ether oxygens (including phenoxy) is 1. The minimum Gasteiger partial charge on any atom is -0.477 e. The van der Waals surface area contributed by atoms with Crippen LogP contribution in [-0.4, -0.2) is 21.6 Å². The van der Waals surface area contributed by atoms with E-state index in [1.165, 1.54) is 5.56 Å². The quantitative estimate of drug-likeness (QED) is 0.714. The summed E-state index contributed by atoms with van der Waals surface area (Å²) < 4.78 is 5.43. The van der Waals surface area contributed by atoms with Crippen LogP contribution in [0.15, 0.2) is 43.1 Å². The molecule has 0 saturated heterocycles. The van der Waals surface area contributed by atoms with E-state index in [9.17, 15) is 0 Å². The van der Waals surface area contributed by atoms with Crippen LogP contribution in [0.1, 0.15) is 12.0 Å². The smallest absolute Gasteiger partial charge is 0.232 e. The molecule has 2 rings (SSSR count). The molecule has 0 aliphatic carbocycles. The Morgan fingerprint density at radius 1 is 1.06 bits per heavy atom. The van der Waals surface area contributed by atoms with E-state index >= 15 is 0 Å². The fourth-order valence-corrected chi connectivity index (χ4v) is 1.36. The van der Waals surface area contributed by atoms with Crippen molar-refractivity contribution in [1.82, 2.24) is 15.0 Å². The largest absolute Gasteiger partial charge is 0.477 e. The number of pyridine rings is 1. The summed E-state index contributed by atoms with van der Waals surface area (Å²) in [5, 5.41) is 0. The zero-order valence-corrected chi connectivity index (χ0v) is 8.91. The fourth-order valence-electron chi connectivity index (χ4n) is 1.36. The van der Waals surface area contributed by atoms with E-state index in [1.807, 2.05) is 12.3 Å². The lowest BCUT2D eigenvalue weighted by molar-refractivity contribution is 0.298. The third-order valence-corrected chi connectivity index (χ3v) is 2.12. The first-order valence-corrected chi connectivity index (χ1v) is 5.23. The molecule has 0 radical (unpaired) electrons. The Morgan fingerprint density at radius 3 is 2.75 bits per heavy atom. The standard InChI is InChI=1S/C12H13N3O/c1-3-11(9-13-5-1)4-2-8-16-12-10-14-6-7-15-12/h1,3,5-7,9-10H,2,4,8H2. The topological polar surface area (TPSA) is 47.9 Å². The third kappa shape index (κ3) is 3.31. The number of hydrogen-bond acceptors (Lipinski definition) is 4. The van der Waals surface area contributed by atoms with E-state index in [2.05, 4.69) is 21.0 Å². The maximum Gasteiger partial charge on any atom is 0.232 e. The van der Waals surface area contributed by atoms with Crippen molar-refractivity contribution in [3.63, 3.8) is 0 Å². The van der Waals surface area contributed by atoms with Gasteiger partial charge in [-0.25, -0.2) is 4.98 Å². The van der Waals surface area contributed by atoms with Gasteiger partial charge in [0.2, 0.25) is 5.88 Å². The zero-order chi connectivity index (χ0) is 11.1. The van der Waals surface area contributed by atoms with Gasteiger partial charge in [0.25, 0.3) is 0 Å². The molecule has 16 heavy (non-hydrogen) atoms. The molecule has 0 fully saturated rings. The third-order valence-electron chi connectivity index (χ3n) is 2.12. The van der Waals surface area contributed by atoms with Crippen LogP contribution in [0.3, 0.4) is 0 Å². The molecule has 2 heterocycles. The normalized spacial score (nSPS) is 10.0. The molecule has 82 valence electrons. The van der Waals surface area contributed by atoms with Crippen molar-refractivity contribution in [2.75, 3.05) is 6.61 Å². The van der Waals surface area contributed by atoms with Crippen LogP contribution < -0.4 is 4.74 Å². The molecule has 0 aliphatic heterocycles. The second-order valence-corrected chi connectivity index (χ2v) is 3.36. The number of nitrogens with zero attached hydrogens (tertiary/aromatic N) is 3. The summed E-state index contributed by atoms with van der Waals surface area (Å²) in [7, 11) is 0. The number of rotatable bonds is 5. The molecule has 0 bridgehead atoms. The van der Waals surface area contributed by atoms with Crippen molar-refractivity contribution in [1.29, 1.82) is 0 Å². The second kappa shape index (κ2) is 5.80. The Labute approximate surface area is 94.4 Å². The van der Waals surface area contributed by atoms with Gasteiger partial charge >= 0.3 is 0 Å². The van der Waals surface area contributed by atoms with Crippen LogP contribution in [0.5, 0.6) is 5.88 Å². The van der Waals surface area contributed by atoms with Crippen molar-refractivity contribution < 1.29 is 4.74 Å². The molecule has 4 nitrogen and oxygen atoms in total. The summed E-state index contributed by atoms with van der Waals surface area (Å²) >= 11 is 0. The van der Waals surface area contributed by atoms with Crippen molar-refractivity contribution in [3.05, 3.63) is 48.7 Å². The minimum absolute atomic E-state index is 0.577. The molecule has 0 amide bonds. The highest BCUT2D eigenvalue weighted by molar-refractivity contribution is 5.08. The molecule has 0 aromatic carbocycles. The first kappa shape index (κ1) is 10.5. The van der Waals surface area contributed by atoms with E-state index in [0.29, 0.717) is 12.5 Å². The highest BCUT2D eigenvalue weighted by Gasteiger charge is 1.95. The number of aromatic nitrogens is 3. The maximum absolute atomic E-state index is 5.43. The van der Waals surface area contributed by atoms with Crippen LogP contribution in [-0.2, 0) is 6.42 Å². The average molecular weight is 215 g/mol. The summed E-state index contributed by atoms with van der Waals surface area (Å²) in [5.41, 5.74) is 1.23. The van der Waals surface area contributed by atoms with Gasteiger partial charge < -0.3 is 4.74 Å². The van der Waals surface area contributed by atoms with Crippen molar-refractivity contribution >= 4 is 0 Å². The zero-order valence-electron chi connectivity index (χ0n) is 8.91. The van der Waals surface area contributed by atoms with Gasteiger partial charge in [0.15, 0.2) is 0 Å². The monoisotopic (exact) mass is 215 g/mol. The molecule has 0 spiro atoms. The van der Waals surface area contributed by atoms with Gasteiger partial charge in [-0.1, -0.05) is 6.07 Å². The molecule has 2 aromatic rings. The van der Waals surface area contributed by atoms with Crippen LogP contribution in [0.4, 0.5) is 0 Å². The van der Waals surface area contributed by atoms with Gasteiger partial charge in [0, 0.05) is 24.8 Å². The summed E-state index contributed by atoms with van der Waals surface area (Å²) in [6.45, 7) is 0.646. The predicted octanol–water partition coefficient (Wildman–Crippen LogP) is 1.88. The maximum atomic E-state index is 5.43. The van der Waals surface area contributed by atoms with E-state index in [-0.39, 0.29) is 0 Å². The lowest BCUT2D eigenvalue weighted by Gasteiger charge is -2.03. The summed E-state index contributed by atoms with van der Waals surface area (Å²) in [6, 6.07) is 4.01. The SMILES string of the molecule is c1cncc(CCCOc2cnccn2)c1. The predicted molar refractivity (Wildman–Crippen MR) is 60.1 cm³/mol. The van der Waals surface area contributed by atoms with Gasteiger partial charge in [-0.2, -0.15) is 0 Å². The van der Waals surface area contributed by atoms with Gasteiger partial charge in [-0.15, -0.1) is 0 Å². The van der Waals surface area contributed by atoms with Gasteiger partial charge in [0.05, 0.1) is 12.8 Å². The van der Waals surface area contributed by atoms with Crippen LogP contribution in [0.25, 0.3) is 0 Å². The molecule has 4 heteroatoms. The highest BCUT2D eigenvalue weighted by Crippen LogP contribution is 2.04. The molecule has 0 aliphatic rings. The Bertz CT molecular complexity index is 364. The van der Waals surface area contributed by atoms with Gasteiger partial charge in [0.1, 0.15) is 0 Å². The number of aryl methyl sites for hydroxylation is 1. The second-order valence-electron chi connectivity index (χ2n) is 3.36. The Kier molecular flexibility index (Phi) is 3.82. The molecule has 0 atom stereocenters. The molecule has 2 aromatic heterocycles. The lowest BCUT2D eigenvalue weighted by Crippen LogP contribution is -2.01. The van der Waals surface area contributed by atoms with E-state index in [1.54, 1.807) is 24.8 Å². The van der Waals surface area contributed by atoms with Crippen molar-refractivity contribution in [3.8, 4) is 5.88 Å². The van der Waals surface area contributed by atoms with Gasteiger partial charge in [-0.3, -0.25) is 9.97 Å². The molecule has 0 unspecified atom stereocenters. The fraction of sp³-hybridized carbons (Fsp3) is 0.250. The Morgan fingerprint density at radius 2 is 2.00 bits per heavy atom. The molecule has 0 saturated carbocycles. The van der Waals surface area contributed by atoms with E-state index < -0.39 is 0 Å². The average Bonchev–Trinajstić information content (AvgIpc) is 2.37. The summed E-state index contributed by atoms with van der Waals surface area (Å²) in [5.74, 6) is 0.577. The molecular weight excluding hydrogens is 202 g/mol. The first-order valence-electron chi connectivity index (χ1n) is 5.23. The first-order chi connectivity index (χ1) is 7.95. The lowest BCUT2D eigenvalue weighted by atomic mass is 10.2. The van der Waals surface area contributed by atoms with Crippen LogP contribution in [0.2, 0.25) is 0 Å². The molecule has 0 N–H and O–H groups in total. The van der Waals surface area contributed by atoms with Crippen LogP contribution in [0, 0.1) is 0 Å². The van der Waals surface area contributed by atoms with E-state index in [4.69, 9.17) is 4.74 Å². The Hall–Kier alpha value is -1.97. The molecular formula is C12H13N3O. The highest BCUT2D eigenvalue weighted by atomic mass is 16.5. The minimum atomic E-state index is 0.577. The summed E-state index contributed by atoms with van der Waals surface area (Å²) in [6.07, 6.45) is 10.4. The van der Waals surface area contributed by atoms with E-state index in [0.717, 1.165) is 12.8 Å². The Balaban J connectivity index is 1.70. The van der Waals surface area contributed by atoms with Crippen molar-refractivity contribution in [2.24, 2.45) is 0 Å². The van der Waals surface area contributed by atoms with Crippen LogP contribution >= 0.6 is 0 Å². The summed E-state index contributed by atoms with van der Waals surface area (Å²) in [4.78, 5) is 12.0. The number of hydrogen-bond donors (Lipinski definition) is 0. The van der Waals surface area contributed by atoms with Crippen molar-refractivity contribution in [2.45, 2.75) is 12.8 Å².